The Morgan fingerprint density at radius 2 is 1.75 bits per heavy atom. The third-order valence-corrected chi connectivity index (χ3v) is 9.64. The average Bonchev–Trinajstić information content (AvgIpc) is 3.54. The number of aromatic nitrogens is 4. The number of anilines is 1. The SMILES string of the molecule is C[C@@H]1CN([C@@H](C)CO)C(=O)c2cc(NS(=O)(=O)c3cn(C)cn3)ccc2O[C@@H]1CN(C)S(=O)(=O)c1cn(C)cn1. The third kappa shape index (κ3) is 5.99. The summed E-state index contributed by atoms with van der Waals surface area (Å²) in [6.07, 6.45) is 4.80. The quantitative estimate of drug-likeness (QED) is 0.358. The molecule has 0 bridgehead atoms. The molecule has 218 valence electrons. The van der Waals surface area contributed by atoms with Gasteiger partial charge in [-0.2, -0.15) is 12.7 Å². The van der Waals surface area contributed by atoms with Crippen LogP contribution >= 0.6 is 0 Å². The number of aliphatic hydroxyl groups is 1. The largest absolute Gasteiger partial charge is 0.488 e. The van der Waals surface area contributed by atoms with E-state index < -0.39 is 38.1 Å². The normalized spacial score (nSPS) is 19.1. The van der Waals surface area contributed by atoms with E-state index in [0.717, 1.165) is 4.31 Å². The van der Waals surface area contributed by atoms with Crippen LogP contribution in [0.15, 0.2) is 53.3 Å². The molecule has 16 heteroatoms. The molecule has 3 aromatic rings. The Morgan fingerprint density at radius 1 is 1.12 bits per heavy atom. The van der Waals surface area contributed by atoms with Gasteiger partial charge in [0.2, 0.25) is 0 Å². The number of hydrogen-bond donors (Lipinski definition) is 2. The van der Waals surface area contributed by atoms with Crippen LogP contribution in [-0.4, -0.2) is 95.0 Å². The first-order valence-electron chi connectivity index (χ1n) is 12.4. The lowest BCUT2D eigenvalue weighted by Crippen LogP contribution is -2.50. The second kappa shape index (κ2) is 11.2. The van der Waals surface area contributed by atoms with E-state index in [1.54, 1.807) is 21.0 Å². The summed E-state index contributed by atoms with van der Waals surface area (Å²) in [6.45, 7) is 3.32. The molecule has 1 aromatic carbocycles. The molecular weight excluding hydrogens is 562 g/mol. The van der Waals surface area contributed by atoms with E-state index in [-0.39, 0.29) is 52.7 Å². The highest BCUT2D eigenvalue weighted by Gasteiger charge is 2.36. The van der Waals surface area contributed by atoms with E-state index in [1.165, 1.54) is 64.3 Å². The van der Waals surface area contributed by atoms with Crippen LogP contribution in [0.25, 0.3) is 0 Å². The molecule has 0 saturated carbocycles. The van der Waals surface area contributed by atoms with Crippen molar-refractivity contribution >= 4 is 31.6 Å². The number of carbonyl (C=O) groups excluding carboxylic acids is 1. The third-order valence-electron chi connectivity index (χ3n) is 6.67. The summed E-state index contributed by atoms with van der Waals surface area (Å²) in [4.78, 5) is 22.9. The number of imidazole rings is 2. The molecule has 2 N–H and O–H groups in total. The minimum absolute atomic E-state index is 0.0525. The molecule has 0 fully saturated rings. The van der Waals surface area contributed by atoms with Gasteiger partial charge >= 0.3 is 0 Å². The van der Waals surface area contributed by atoms with E-state index in [9.17, 15) is 26.7 Å². The number of carbonyl (C=O) groups is 1. The van der Waals surface area contributed by atoms with Gasteiger partial charge in [-0.15, -0.1) is 0 Å². The molecule has 1 aliphatic rings. The fraction of sp³-hybridized carbons (Fsp3) is 0.458. The predicted molar refractivity (Wildman–Crippen MR) is 145 cm³/mol. The van der Waals surface area contributed by atoms with Crippen molar-refractivity contribution in [3.8, 4) is 5.75 Å². The number of amides is 1. The van der Waals surface area contributed by atoms with E-state index >= 15 is 0 Å². The smallest absolute Gasteiger partial charge is 0.280 e. The molecule has 0 radical (unpaired) electrons. The molecule has 14 nitrogen and oxygen atoms in total. The molecule has 3 atom stereocenters. The fourth-order valence-electron chi connectivity index (χ4n) is 4.27. The van der Waals surface area contributed by atoms with Crippen molar-refractivity contribution in [2.45, 2.75) is 36.0 Å². The van der Waals surface area contributed by atoms with Crippen molar-refractivity contribution in [1.82, 2.24) is 28.3 Å². The van der Waals surface area contributed by atoms with Crippen LogP contribution in [0.2, 0.25) is 0 Å². The topological polar surface area (TPSA) is 169 Å². The van der Waals surface area contributed by atoms with E-state index in [0.29, 0.717) is 0 Å². The van der Waals surface area contributed by atoms with Crippen molar-refractivity contribution in [3.05, 3.63) is 48.8 Å². The van der Waals surface area contributed by atoms with Crippen molar-refractivity contribution in [3.63, 3.8) is 0 Å². The summed E-state index contributed by atoms with van der Waals surface area (Å²) < 4.78 is 64.7. The number of rotatable bonds is 9. The van der Waals surface area contributed by atoms with Gasteiger partial charge in [-0.1, -0.05) is 6.92 Å². The lowest BCUT2D eigenvalue weighted by Gasteiger charge is -2.38. The van der Waals surface area contributed by atoms with Gasteiger partial charge in [0.05, 0.1) is 37.4 Å². The number of benzene rings is 1. The number of nitrogens with zero attached hydrogens (tertiary/aromatic N) is 6. The fourth-order valence-corrected chi connectivity index (χ4v) is 6.45. The second-order valence-corrected chi connectivity index (χ2v) is 13.6. The minimum atomic E-state index is -4.03. The van der Waals surface area contributed by atoms with Gasteiger partial charge in [-0.05, 0) is 25.1 Å². The van der Waals surface area contributed by atoms with Gasteiger partial charge in [0.15, 0.2) is 10.1 Å². The molecule has 1 amide bonds. The van der Waals surface area contributed by atoms with E-state index in [4.69, 9.17) is 4.74 Å². The molecular formula is C24H33N7O7S2. The first kappa shape index (κ1) is 29.5. The summed E-state index contributed by atoms with van der Waals surface area (Å²) in [5, 5.41) is 9.57. The van der Waals surface area contributed by atoms with Crippen LogP contribution < -0.4 is 9.46 Å². The van der Waals surface area contributed by atoms with Gasteiger partial charge in [0, 0.05) is 51.7 Å². The maximum Gasteiger partial charge on any atom is 0.280 e. The minimum Gasteiger partial charge on any atom is -0.488 e. The number of fused-ring (bicyclic) bond motifs is 1. The van der Waals surface area contributed by atoms with Crippen molar-refractivity contribution in [2.75, 3.05) is 31.5 Å². The zero-order chi connectivity index (χ0) is 29.4. The van der Waals surface area contributed by atoms with Crippen LogP contribution in [0.5, 0.6) is 5.75 Å². The Balaban J connectivity index is 1.68. The van der Waals surface area contributed by atoms with Crippen molar-refractivity contribution in [1.29, 1.82) is 0 Å². The van der Waals surface area contributed by atoms with Crippen molar-refractivity contribution < 1.29 is 31.5 Å². The monoisotopic (exact) mass is 595 g/mol. The summed E-state index contributed by atoms with van der Waals surface area (Å²) in [5.41, 5.74) is 0.173. The lowest BCUT2D eigenvalue weighted by molar-refractivity contribution is 0.0387. The Hall–Kier alpha value is -3.47. The van der Waals surface area contributed by atoms with Gasteiger partial charge in [-0.25, -0.2) is 18.4 Å². The second-order valence-electron chi connectivity index (χ2n) is 9.98. The van der Waals surface area contributed by atoms with Gasteiger partial charge in [0.25, 0.3) is 26.0 Å². The highest BCUT2D eigenvalue weighted by atomic mass is 32.2. The Morgan fingerprint density at radius 3 is 2.33 bits per heavy atom. The molecule has 0 unspecified atom stereocenters. The van der Waals surface area contributed by atoms with Crippen LogP contribution in [0, 0.1) is 5.92 Å². The first-order valence-corrected chi connectivity index (χ1v) is 15.3. The lowest BCUT2D eigenvalue weighted by atomic mass is 9.99. The number of ether oxygens (including phenoxy) is 1. The van der Waals surface area contributed by atoms with Gasteiger partial charge < -0.3 is 23.9 Å². The number of aliphatic hydroxyl groups excluding tert-OH is 1. The molecule has 1 aliphatic heterocycles. The zero-order valence-electron chi connectivity index (χ0n) is 22.8. The van der Waals surface area contributed by atoms with E-state index in [1.807, 2.05) is 6.92 Å². The van der Waals surface area contributed by atoms with Crippen LogP contribution in [0.4, 0.5) is 5.69 Å². The number of aryl methyl sites for hydroxylation is 2. The Labute approximate surface area is 233 Å². The molecule has 4 rings (SSSR count). The predicted octanol–water partition coefficient (Wildman–Crippen LogP) is 0.495. The summed E-state index contributed by atoms with van der Waals surface area (Å²) >= 11 is 0. The van der Waals surface area contributed by atoms with Crippen LogP contribution in [0.3, 0.4) is 0 Å². The summed E-state index contributed by atoms with van der Waals surface area (Å²) in [6, 6.07) is 3.70. The Kier molecular flexibility index (Phi) is 8.26. The van der Waals surface area contributed by atoms with Crippen molar-refractivity contribution in [2.24, 2.45) is 20.0 Å². The number of hydrogen-bond acceptors (Lipinski definition) is 9. The zero-order valence-corrected chi connectivity index (χ0v) is 24.4. The molecule has 40 heavy (non-hydrogen) atoms. The highest BCUT2D eigenvalue weighted by molar-refractivity contribution is 7.92. The molecule has 0 aliphatic carbocycles. The summed E-state index contributed by atoms with van der Waals surface area (Å²) in [7, 11) is -3.22. The summed E-state index contributed by atoms with van der Waals surface area (Å²) in [5.74, 6) is -0.647. The number of nitrogens with one attached hydrogen (secondary N) is 1. The highest BCUT2D eigenvalue weighted by Crippen LogP contribution is 2.31. The maximum atomic E-state index is 13.6. The average molecular weight is 596 g/mol. The molecule has 2 aromatic heterocycles. The number of likely N-dealkylation sites (N-methyl/N-ethyl adjacent to an activating group) is 1. The molecule has 0 saturated heterocycles. The van der Waals surface area contributed by atoms with Gasteiger partial charge in [-0.3, -0.25) is 9.52 Å². The molecule has 3 heterocycles. The standard InChI is InChI=1S/C24H33N7O7S2/c1-16-9-31(17(2)13-32)24(33)19-8-18(27-39(34,35)22-11-28(3)14-25-22)6-7-20(19)38-21(16)10-30(5)40(36,37)23-12-29(4)15-26-23/h6-8,11-12,14-17,21,27,32H,9-10,13H2,1-5H3/t16-,17+,21-/m1/s1. The maximum absolute atomic E-state index is 13.6. The number of sulfonamides is 2. The van der Waals surface area contributed by atoms with Crippen LogP contribution in [0.1, 0.15) is 24.2 Å². The Bertz CT molecular complexity index is 1600. The van der Waals surface area contributed by atoms with Gasteiger partial charge in [0.1, 0.15) is 11.9 Å². The molecule has 0 spiro atoms. The van der Waals surface area contributed by atoms with E-state index in [2.05, 4.69) is 14.7 Å². The first-order chi connectivity index (χ1) is 18.7. The van der Waals surface area contributed by atoms with Crippen LogP contribution in [-0.2, 0) is 34.1 Å².